The van der Waals surface area contributed by atoms with E-state index in [4.69, 9.17) is 0 Å². The molecule has 4 rings (SSSR count). The number of hydrogen-bond acceptors (Lipinski definition) is 3. The van der Waals surface area contributed by atoms with Crippen molar-refractivity contribution in [2.24, 2.45) is 11.3 Å². The highest BCUT2D eigenvalue weighted by Crippen LogP contribution is 2.38. The summed E-state index contributed by atoms with van der Waals surface area (Å²) in [6.07, 6.45) is 12.7. The molecule has 2 amide bonds. The van der Waals surface area contributed by atoms with Crippen LogP contribution in [0, 0.1) is 11.3 Å². The Kier molecular flexibility index (Phi) is 7.46. The van der Waals surface area contributed by atoms with Crippen molar-refractivity contribution in [1.29, 1.82) is 0 Å². The Hall–Kier alpha value is -2.69. The normalized spacial score (nSPS) is 21.2. The van der Waals surface area contributed by atoms with Crippen molar-refractivity contribution < 1.29 is 9.59 Å². The molecule has 1 saturated heterocycles. The third kappa shape index (κ3) is 5.45. The van der Waals surface area contributed by atoms with Gasteiger partial charge < -0.3 is 9.80 Å². The second-order valence-electron chi connectivity index (χ2n) is 10.2. The molecule has 5 nitrogen and oxygen atoms in total. The van der Waals surface area contributed by atoms with Crippen LogP contribution in [0.5, 0.6) is 0 Å². The summed E-state index contributed by atoms with van der Waals surface area (Å²) < 4.78 is 0. The first-order valence-electron chi connectivity index (χ1n) is 12.5. The van der Waals surface area contributed by atoms with Crippen molar-refractivity contribution in [2.45, 2.75) is 57.8 Å². The molecular formula is C28H37N3O2. The lowest BCUT2D eigenvalue weighted by Crippen LogP contribution is -2.54. The number of pyridine rings is 1. The van der Waals surface area contributed by atoms with E-state index in [1.165, 1.54) is 25.7 Å². The lowest BCUT2D eigenvalue weighted by molar-refractivity contribution is -0.147. The van der Waals surface area contributed by atoms with E-state index in [0.29, 0.717) is 25.3 Å². The van der Waals surface area contributed by atoms with Gasteiger partial charge in [0.2, 0.25) is 11.8 Å². The molecule has 1 aromatic heterocycles. The Balaban J connectivity index is 1.57. The van der Waals surface area contributed by atoms with Gasteiger partial charge in [-0.05, 0) is 48.8 Å². The van der Waals surface area contributed by atoms with Crippen molar-refractivity contribution in [3.8, 4) is 11.1 Å². The zero-order valence-electron chi connectivity index (χ0n) is 20.1. The smallest absolute Gasteiger partial charge is 0.230 e. The van der Waals surface area contributed by atoms with Crippen LogP contribution >= 0.6 is 0 Å². The zero-order valence-corrected chi connectivity index (χ0v) is 20.1. The number of aromatic nitrogens is 1. The number of likely N-dealkylation sites (tertiary alicyclic amines) is 1. The van der Waals surface area contributed by atoms with Crippen LogP contribution in [0.1, 0.15) is 56.9 Å². The van der Waals surface area contributed by atoms with Gasteiger partial charge in [-0.3, -0.25) is 14.6 Å². The minimum Gasteiger partial charge on any atom is -0.348 e. The Labute approximate surface area is 198 Å². The fourth-order valence-corrected chi connectivity index (χ4v) is 5.84. The summed E-state index contributed by atoms with van der Waals surface area (Å²) in [5, 5.41) is 0. The minimum atomic E-state index is -0.594. The van der Waals surface area contributed by atoms with Gasteiger partial charge in [0.05, 0.1) is 5.41 Å². The summed E-state index contributed by atoms with van der Waals surface area (Å²) in [5.74, 6) is 1.05. The van der Waals surface area contributed by atoms with Gasteiger partial charge >= 0.3 is 0 Å². The SMILES string of the molecule is CN(C)C(=O)[C@@]1(Cc2ccccc2-c2cccnc2)CCCN(C(=O)CCC2CCCC2)C1. The molecule has 0 radical (unpaired) electrons. The maximum atomic E-state index is 13.6. The number of carbonyl (C=O) groups is 2. The van der Waals surface area contributed by atoms with E-state index in [1.54, 1.807) is 11.1 Å². The van der Waals surface area contributed by atoms with Crippen molar-refractivity contribution in [1.82, 2.24) is 14.8 Å². The zero-order chi connectivity index (χ0) is 23.3. The number of carbonyl (C=O) groups excluding carboxylic acids is 2. The highest BCUT2D eigenvalue weighted by Gasteiger charge is 2.44. The number of hydrogen-bond donors (Lipinski definition) is 0. The van der Waals surface area contributed by atoms with E-state index in [1.807, 2.05) is 43.4 Å². The monoisotopic (exact) mass is 447 g/mol. The molecule has 1 aliphatic heterocycles. The molecule has 176 valence electrons. The van der Waals surface area contributed by atoms with Crippen LogP contribution in [0.2, 0.25) is 0 Å². The van der Waals surface area contributed by atoms with Gasteiger partial charge in [-0.25, -0.2) is 0 Å². The maximum absolute atomic E-state index is 13.6. The first-order valence-corrected chi connectivity index (χ1v) is 12.5. The van der Waals surface area contributed by atoms with Crippen LogP contribution in [0.25, 0.3) is 11.1 Å². The molecule has 2 fully saturated rings. The number of rotatable bonds is 7. The molecule has 5 heteroatoms. The lowest BCUT2D eigenvalue weighted by atomic mass is 9.72. The van der Waals surface area contributed by atoms with Crippen LogP contribution < -0.4 is 0 Å². The van der Waals surface area contributed by atoms with Crippen LogP contribution in [-0.4, -0.2) is 53.8 Å². The standard InChI is InChI=1S/C28H37N3O2/c1-30(2)27(33)28(19-23-11-5-6-13-25(23)24-12-7-17-29-20-24)16-8-18-31(21-28)26(32)15-14-22-9-3-4-10-22/h5-7,11-13,17,20,22H,3-4,8-10,14-16,18-19,21H2,1-2H3/t28-/m1/s1. The molecule has 0 bridgehead atoms. The van der Waals surface area contributed by atoms with E-state index < -0.39 is 5.41 Å². The van der Waals surface area contributed by atoms with Crippen molar-refractivity contribution in [3.63, 3.8) is 0 Å². The Morgan fingerprint density at radius 1 is 1.09 bits per heavy atom. The number of benzene rings is 1. The van der Waals surface area contributed by atoms with Gasteiger partial charge in [0.15, 0.2) is 0 Å². The fourth-order valence-electron chi connectivity index (χ4n) is 5.84. The highest BCUT2D eigenvalue weighted by molar-refractivity contribution is 5.85. The summed E-state index contributed by atoms with van der Waals surface area (Å²) in [7, 11) is 3.66. The lowest BCUT2D eigenvalue weighted by Gasteiger charge is -2.43. The van der Waals surface area contributed by atoms with Gasteiger partial charge in [-0.2, -0.15) is 0 Å². The highest BCUT2D eigenvalue weighted by atomic mass is 16.2. The molecule has 1 atom stereocenters. The predicted molar refractivity (Wildman–Crippen MR) is 132 cm³/mol. The Morgan fingerprint density at radius 3 is 2.61 bits per heavy atom. The largest absolute Gasteiger partial charge is 0.348 e. The minimum absolute atomic E-state index is 0.122. The molecule has 2 aromatic rings. The molecule has 1 saturated carbocycles. The van der Waals surface area contributed by atoms with Crippen LogP contribution in [-0.2, 0) is 16.0 Å². The third-order valence-electron chi connectivity index (χ3n) is 7.55. The molecule has 0 N–H and O–H groups in total. The summed E-state index contributed by atoms with van der Waals surface area (Å²) in [6.45, 7) is 1.27. The van der Waals surface area contributed by atoms with Crippen LogP contribution in [0.4, 0.5) is 0 Å². The molecule has 1 aliphatic carbocycles. The van der Waals surface area contributed by atoms with E-state index in [0.717, 1.165) is 42.5 Å². The Bertz CT molecular complexity index is 953. The average molecular weight is 448 g/mol. The van der Waals surface area contributed by atoms with E-state index in [9.17, 15) is 9.59 Å². The fraction of sp³-hybridized carbons (Fsp3) is 0.536. The molecular weight excluding hydrogens is 410 g/mol. The van der Waals surface area contributed by atoms with E-state index in [-0.39, 0.29) is 11.8 Å². The van der Waals surface area contributed by atoms with Crippen molar-refractivity contribution >= 4 is 11.8 Å². The Morgan fingerprint density at radius 2 is 1.88 bits per heavy atom. The second kappa shape index (κ2) is 10.5. The summed E-state index contributed by atoms with van der Waals surface area (Å²) >= 11 is 0. The van der Waals surface area contributed by atoms with Crippen molar-refractivity contribution in [3.05, 3.63) is 54.4 Å². The van der Waals surface area contributed by atoms with Gasteiger partial charge in [-0.1, -0.05) is 56.0 Å². The second-order valence-corrected chi connectivity index (χ2v) is 10.2. The molecule has 0 unspecified atom stereocenters. The van der Waals surface area contributed by atoms with Crippen molar-refractivity contribution in [2.75, 3.05) is 27.2 Å². The molecule has 2 heterocycles. The van der Waals surface area contributed by atoms with Crippen LogP contribution in [0.3, 0.4) is 0 Å². The van der Waals surface area contributed by atoms with E-state index in [2.05, 4.69) is 23.2 Å². The maximum Gasteiger partial charge on any atom is 0.230 e. The van der Waals surface area contributed by atoms with E-state index >= 15 is 0 Å². The molecule has 2 aliphatic rings. The third-order valence-corrected chi connectivity index (χ3v) is 7.55. The number of amides is 2. The first kappa shape index (κ1) is 23.5. The number of nitrogens with zero attached hydrogens (tertiary/aromatic N) is 3. The summed E-state index contributed by atoms with van der Waals surface area (Å²) in [4.78, 5) is 34.7. The quantitative estimate of drug-likeness (QED) is 0.603. The molecule has 0 spiro atoms. The van der Waals surface area contributed by atoms with Crippen LogP contribution in [0.15, 0.2) is 48.8 Å². The first-order chi connectivity index (χ1) is 16.0. The topological polar surface area (TPSA) is 53.5 Å². The molecule has 1 aromatic carbocycles. The van der Waals surface area contributed by atoms with Gasteiger partial charge in [0.25, 0.3) is 0 Å². The molecule has 33 heavy (non-hydrogen) atoms. The number of piperidine rings is 1. The predicted octanol–water partition coefficient (Wildman–Crippen LogP) is 4.96. The average Bonchev–Trinajstić information content (AvgIpc) is 3.37. The van der Waals surface area contributed by atoms with Gasteiger partial charge in [0, 0.05) is 51.6 Å². The summed E-state index contributed by atoms with van der Waals surface area (Å²) in [6, 6.07) is 12.3. The van der Waals surface area contributed by atoms with Gasteiger partial charge in [-0.15, -0.1) is 0 Å². The van der Waals surface area contributed by atoms with Gasteiger partial charge in [0.1, 0.15) is 0 Å². The summed E-state index contributed by atoms with van der Waals surface area (Å²) in [5.41, 5.74) is 2.71.